The van der Waals surface area contributed by atoms with E-state index < -0.39 is 0 Å². The first-order valence-corrected chi connectivity index (χ1v) is 5.22. The van der Waals surface area contributed by atoms with Crippen LogP contribution < -0.4 is 4.74 Å². The second-order valence-corrected chi connectivity index (χ2v) is 4.50. The predicted octanol–water partition coefficient (Wildman–Crippen LogP) is 1.80. The second-order valence-electron chi connectivity index (χ2n) is 4.50. The molecule has 1 aliphatic heterocycles. The molecule has 1 heterocycles. The molecule has 1 aromatic rings. The van der Waals surface area contributed by atoms with Crippen LogP contribution in [0.1, 0.15) is 11.8 Å². The maximum atomic E-state index is 5.76. The number of nitrogens with zero attached hydrogens (tertiary/aromatic N) is 1. The lowest BCUT2D eigenvalue weighted by atomic mass is 10.1. The van der Waals surface area contributed by atoms with Gasteiger partial charge in [-0.2, -0.15) is 0 Å². The van der Waals surface area contributed by atoms with Gasteiger partial charge in [-0.1, -0.05) is 0 Å². The van der Waals surface area contributed by atoms with Gasteiger partial charge in [0.1, 0.15) is 18.9 Å². The molecule has 0 N–H and O–H groups in total. The summed E-state index contributed by atoms with van der Waals surface area (Å²) < 4.78 is 11.8. The normalized spacial score (nSPS) is 24.1. The highest BCUT2D eigenvalue weighted by molar-refractivity contribution is 5.27. The Morgan fingerprint density at radius 1 is 1.27 bits per heavy atom. The van der Waals surface area contributed by atoms with Crippen LogP contribution in [0.5, 0.6) is 5.75 Å². The number of rotatable bonds is 2. The van der Waals surface area contributed by atoms with Gasteiger partial charge in [-0.05, 0) is 24.3 Å². The fourth-order valence-electron chi connectivity index (χ4n) is 1.99. The van der Waals surface area contributed by atoms with Crippen LogP contribution in [0.4, 0.5) is 0 Å². The summed E-state index contributed by atoms with van der Waals surface area (Å²) in [5.74, 6) is 0.891. The summed E-state index contributed by atoms with van der Waals surface area (Å²) in [6.07, 6.45) is 0.163. The first kappa shape index (κ1) is 10.5. The highest BCUT2D eigenvalue weighted by atomic mass is 16.5. The third kappa shape index (κ3) is 1.98. The quantitative estimate of drug-likeness (QED) is 0.690. The molecule has 0 aromatic heterocycles. The van der Waals surface area contributed by atoms with E-state index in [1.54, 1.807) is 7.11 Å². The molecule has 0 spiro atoms. The lowest BCUT2D eigenvalue weighted by molar-refractivity contribution is -0.920. The molecule has 82 valence electrons. The molecule has 1 unspecified atom stereocenters. The van der Waals surface area contributed by atoms with Gasteiger partial charge in [-0.3, -0.25) is 4.48 Å². The van der Waals surface area contributed by atoms with Crippen LogP contribution >= 0.6 is 0 Å². The topological polar surface area (TPSA) is 18.5 Å². The molecule has 15 heavy (non-hydrogen) atoms. The van der Waals surface area contributed by atoms with Gasteiger partial charge in [0.05, 0.1) is 21.2 Å². The molecule has 1 aliphatic rings. The minimum atomic E-state index is 0.163. The van der Waals surface area contributed by atoms with Crippen molar-refractivity contribution in [2.75, 3.05) is 34.4 Å². The molecule has 1 saturated heterocycles. The molecule has 1 aromatic carbocycles. The van der Waals surface area contributed by atoms with Gasteiger partial charge in [0, 0.05) is 5.56 Å². The van der Waals surface area contributed by atoms with Crippen molar-refractivity contribution in [3.05, 3.63) is 29.8 Å². The van der Waals surface area contributed by atoms with E-state index in [-0.39, 0.29) is 6.23 Å². The minimum Gasteiger partial charge on any atom is -0.497 e. The highest BCUT2D eigenvalue weighted by Crippen LogP contribution is 2.31. The number of methoxy groups -OCH3 is 1. The molecule has 0 radical (unpaired) electrons. The van der Waals surface area contributed by atoms with Crippen molar-refractivity contribution in [2.45, 2.75) is 6.23 Å². The summed E-state index contributed by atoms with van der Waals surface area (Å²) in [6.45, 7) is 1.90. The molecule has 3 heteroatoms. The predicted molar refractivity (Wildman–Crippen MR) is 58.7 cm³/mol. The molecule has 2 rings (SSSR count). The van der Waals surface area contributed by atoms with Crippen molar-refractivity contribution < 1.29 is 14.0 Å². The fourth-order valence-corrected chi connectivity index (χ4v) is 1.99. The Bertz CT molecular complexity index is 332. The zero-order valence-corrected chi connectivity index (χ0v) is 9.56. The maximum absolute atomic E-state index is 5.76. The van der Waals surface area contributed by atoms with E-state index in [1.807, 2.05) is 12.1 Å². The Balaban J connectivity index is 2.22. The van der Waals surface area contributed by atoms with Crippen molar-refractivity contribution in [3.8, 4) is 5.75 Å². The number of benzene rings is 1. The third-order valence-corrected chi connectivity index (χ3v) is 2.98. The van der Waals surface area contributed by atoms with Crippen LogP contribution in [0.2, 0.25) is 0 Å². The number of likely N-dealkylation sites (N-methyl/N-ethyl adjacent to an activating group) is 1. The van der Waals surface area contributed by atoms with E-state index >= 15 is 0 Å². The Hall–Kier alpha value is -1.06. The average molecular weight is 208 g/mol. The van der Waals surface area contributed by atoms with Gasteiger partial charge in [0.15, 0.2) is 0 Å². The zero-order valence-electron chi connectivity index (χ0n) is 9.56. The summed E-state index contributed by atoms with van der Waals surface area (Å²) in [7, 11) is 6.07. The largest absolute Gasteiger partial charge is 0.497 e. The van der Waals surface area contributed by atoms with E-state index in [2.05, 4.69) is 26.2 Å². The smallest absolute Gasteiger partial charge is 0.219 e. The van der Waals surface area contributed by atoms with Crippen molar-refractivity contribution in [1.82, 2.24) is 0 Å². The van der Waals surface area contributed by atoms with Crippen LogP contribution in [0, 0.1) is 0 Å². The third-order valence-electron chi connectivity index (χ3n) is 2.98. The van der Waals surface area contributed by atoms with E-state index in [0.29, 0.717) is 0 Å². The number of quaternary nitrogens is 1. The van der Waals surface area contributed by atoms with Crippen LogP contribution in [-0.2, 0) is 4.74 Å². The fraction of sp³-hybridized carbons (Fsp3) is 0.500. The molecule has 0 bridgehead atoms. The Kier molecular flexibility index (Phi) is 2.67. The summed E-state index contributed by atoms with van der Waals surface area (Å²) in [4.78, 5) is 0. The number of ether oxygens (including phenoxy) is 2. The van der Waals surface area contributed by atoms with Crippen LogP contribution in [-0.4, -0.2) is 38.8 Å². The standard InChI is InChI=1S/C12H18NO2/c1-13(2)8-9-15-12(13)10-4-6-11(14-3)7-5-10/h4-7,12H,8-9H2,1-3H3/q+1. The van der Waals surface area contributed by atoms with Gasteiger partial charge in [0.2, 0.25) is 6.23 Å². The van der Waals surface area contributed by atoms with Gasteiger partial charge < -0.3 is 9.47 Å². The summed E-state index contributed by atoms with van der Waals surface area (Å²) in [5.41, 5.74) is 1.22. The van der Waals surface area contributed by atoms with Gasteiger partial charge in [-0.25, -0.2) is 0 Å². The van der Waals surface area contributed by atoms with Crippen LogP contribution in [0.3, 0.4) is 0 Å². The monoisotopic (exact) mass is 208 g/mol. The molecule has 1 fully saturated rings. The van der Waals surface area contributed by atoms with Crippen molar-refractivity contribution in [2.24, 2.45) is 0 Å². The number of hydrogen-bond acceptors (Lipinski definition) is 2. The van der Waals surface area contributed by atoms with Crippen molar-refractivity contribution in [1.29, 1.82) is 0 Å². The zero-order chi connectivity index (χ0) is 10.9. The summed E-state index contributed by atoms with van der Waals surface area (Å²) in [6, 6.07) is 8.12. The average Bonchev–Trinajstić information content (AvgIpc) is 2.58. The SMILES string of the molecule is COc1ccc(C2OCC[N+]2(C)C)cc1. The molecule has 1 atom stereocenters. The van der Waals surface area contributed by atoms with Crippen LogP contribution in [0.15, 0.2) is 24.3 Å². The van der Waals surface area contributed by atoms with Gasteiger partial charge in [-0.15, -0.1) is 0 Å². The van der Waals surface area contributed by atoms with E-state index in [9.17, 15) is 0 Å². The molecule has 0 aliphatic carbocycles. The Labute approximate surface area is 90.8 Å². The summed E-state index contributed by atoms with van der Waals surface area (Å²) in [5, 5.41) is 0. The molecule has 0 amide bonds. The van der Waals surface area contributed by atoms with Gasteiger partial charge >= 0.3 is 0 Å². The van der Waals surface area contributed by atoms with E-state index in [0.717, 1.165) is 23.4 Å². The lowest BCUT2D eigenvalue weighted by Gasteiger charge is -2.29. The molecule has 3 nitrogen and oxygen atoms in total. The van der Waals surface area contributed by atoms with E-state index in [4.69, 9.17) is 9.47 Å². The maximum Gasteiger partial charge on any atom is 0.219 e. The van der Waals surface area contributed by atoms with Gasteiger partial charge in [0.25, 0.3) is 0 Å². The second kappa shape index (κ2) is 3.83. The highest BCUT2D eigenvalue weighted by Gasteiger charge is 2.36. The lowest BCUT2D eigenvalue weighted by Crippen LogP contribution is -2.38. The summed E-state index contributed by atoms with van der Waals surface area (Å²) >= 11 is 0. The van der Waals surface area contributed by atoms with Crippen molar-refractivity contribution >= 4 is 0 Å². The van der Waals surface area contributed by atoms with E-state index in [1.165, 1.54) is 5.56 Å². The number of hydrogen-bond donors (Lipinski definition) is 0. The first-order valence-electron chi connectivity index (χ1n) is 5.22. The Morgan fingerprint density at radius 3 is 2.40 bits per heavy atom. The minimum absolute atomic E-state index is 0.163. The first-order chi connectivity index (χ1) is 7.13. The Morgan fingerprint density at radius 2 is 1.93 bits per heavy atom. The van der Waals surface area contributed by atoms with Crippen LogP contribution in [0.25, 0.3) is 0 Å². The molecule has 0 saturated carbocycles. The van der Waals surface area contributed by atoms with Crippen molar-refractivity contribution in [3.63, 3.8) is 0 Å². The molecular formula is C12H18NO2+. The molecular weight excluding hydrogens is 190 g/mol.